The Balaban J connectivity index is 1.66. The fourth-order valence-electron chi connectivity index (χ4n) is 4.83. The number of aryl methyl sites for hydroxylation is 1. The van der Waals surface area contributed by atoms with E-state index in [1.54, 1.807) is 11.0 Å². The standard InChI is InChI=1S/C24H32N2O4/c1-3-14-29-18-10-11-21-20(15-18)19-9-7-13-26(23(19)24(28)30-21)22(27)16-25-12-6-5-8-17(25)4-2/h10-11,15,17H,3-9,12-14,16H2,1-2H3. The Bertz CT molecular complexity index is 968. The minimum atomic E-state index is -0.418. The first-order chi connectivity index (χ1) is 14.6. The number of likely N-dealkylation sites (tertiary alicyclic amines) is 1. The van der Waals surface area contributed by atoms with Crippen LogP contribution in [0.4, 0.5) is 5.69 Å². The van der Waals surface area contributed by atoms with Gasteiger partial charge in [0.25, 0.3) is 0 Å². The topological polar surface area (TPSA) is 63.0 Å². The lowest BCUT2D eigenvalue weighted by Crippen LogP contribution is -2.48. The molecule has 4 rings (SSSR count). The zero-order valence-corrected chi connectivity index (χ0v) is 18.1. The molecular weight excluding hydrogens is 380 g/mol. The fraction of sp³-hybridized carbons (Fsp3) is 0.583. The molecule has 1 unspecified atom stereocenters. The summed E-state index contributed by atoms with van der Waals surface area (Å²) in [5.41, 5.74) is 1.47. The lowest BCUT2D eigenvalue weighted by atomic mass is 9.98. The number of rotatable bonds is 6. The van der Waals surface area contributed by atoms with Gasteiger partial charge in [0.1, 0.15) is 17.0 Å². The van der Waals surface area contributed by atoms with Crippen LogP contribution in [-0.4, -0.2) is 43.1 Å². The SMILES string of the molecule is CCCOc1ccc2oc(=O)c3c(c2c1)CCCN3C(=O)CN1CCCCC1CC. The van der Waals surface area contributed by atoms with Crippen LogP contribution >= 0.6 is 0 Å². The van der Waals surface area contributed by atoms with Crippen LogP contribution in [0.25, 0.3) is 11.0 Å². The van der Waals surface area contributed by atoms with Gasteiger partial charge in [-0.05, 0) is 68.8 Å². The largest absolute Gasteiger partial charge is 0.494 e. The Kier molecular flexibility index (Phi) is 6.42. The molecule has 0 N–H and O–H groups in total. The molecule has 1 aromatic carbocycles. The van der Waals surface area contributed by atoms with Crippen molar-refractivity contribution in [2.24, 2.45) is 0 Å². The molecule has 0 aliphatic carbocycles. The number of anilines is 1. The first kappa shape index (κ1) is 20.9. The number of piperidine rings is 1. The van der Waals surface area contributed by atoms with E-state index in [4.69, 9.17) is 9.15 Å². The predicted octanol–water partition coefficient (Wildman–Crippen LogP) is 4.13. The molecule has 1 aromatic heterocycles. The highest BCUT2D eigenvalue weighted by atomic mass is 16.5. The van der Waals surface area contributed by atoms with Gasteiger partial charge >= 0.3 is 5.63 Å². The van der Waals surface area contributed by atoms with Crippen LogP contribution in [0.1, 0.15) is 57.9 Å². The molecular formula is C24H32N2O4. The number of benzene rings is 1. The molecule has 2 aromatic rings. The summed E-state index contributed by atoms with van der Waals surface area (Å²) >= 11 is 0. The molecule has 2 aliphatic heterocycles. The van der Waals surface area contributed by atoms with Crippen LogP contribution in [0.15, 0.2) is 27.4 Å². The van der Waals surface area contributed by atoms with Gasteiger partial charge in [0.05, 0.1) is 13.2 Å². The highest BCUT2D eigenvalue weighted by Gasteiger charge is 2.31. The summed E-state index contributed by atoms with van der Waals surface area (Å²) in [7, 11) is 0. The Labute approximate surface area is 177 Å². The summed E-state index contributed by atoms with van der Waals surface area (Å²) in [5.74, 6) is 0.768. The second-order valence-electron chi connectivity index (χ2n) is 8.40. The number of carbonyl (C=O) groups excluding carboxylic acids is 1. The molecule has 6 heteroatoms. The van der Waals surface area contributed by atoms with E-state index in [0.29, 0.717) is 37.0 Å². The summed E-state index contributed by atoms with van der Waals surface area (Å²) in [5, 5.41) is 0.875. The summed E-state index contributed by atoms with van der Waals surface area (Å²) in [4.78, 5) is 30.1. The lowest BCUT2D eigenvalue weighted by Gasteiger charge is -2.37. The Morgan fingerprint density at radius 2 is 2.07 bits per heavy atom. The molecule has 0 radical (unpaired) electrons. The number of carbonyl (C=O) groups is 1. The van der Waals surface area contributed by atoms with E-state index < -0.39 is 5.63 Å². The van der Waals surface area contributed by atoms with E-state index in [-0.39, 0.29) is 5.91 Å². The molecule has 0 spiro atoms. The minimum absolute atomic E-state index is 0.00124. The molecule has 0 saturated carbocycles. The van der Waals surface area contributed by atoms with Crippen LogP contribution in [-0.2, 0) is 11.2 Å². The predicted molar refractivity (Wildman–Crippen MR) is 118 cm³/mol. The Morgan fingerprint density at radius 1 is 1.20 bits per heavy atom. The van der Waals surface area contributed by atoms with Crippen LogP contribution in [0.3, 0.4) is 0 Å². The molecule has 1 atom stereocenters. The molecule has 162 valence electrons. The van der Waals surface area contributed by atoms with Gasteiger partial charge < -0.3 is 14.1 Å². The Hall–Kier alpha value is -2.34. The first-order valence-electron chi connectivity index (χ1n) is 11.4. The molecule has 1 fully saturated rings. The highest BCUT2D eigenvalue weighted by molar-refractivity contribution is 5.98. The van der Waals surface area contributed by atoms with Crippen molar-refractivity contribution in [2.75, 3.05) is 31.1 Å². The van der Waals surface area contributed by atoms with Crippen LogP contribution < -0.4 is 15.3 Å². The van der Waals surface area contributed by atoms with Gasteiger partial charge in [0.15, 0.2) is 0 Å². The second-order valence-corrected chi connectivity index (χ2v) is 8.40. The van der Waals surface area contributed by atoms with Gasteiger partial charge in [-0.2, -0.15) is 0 Å². The van der Waals surface area contributed by atoms with Crippen LogP contribution in [0, 0.1) is 0 Å². The normalized spacial score (nSPS) is 19.7. The molecule has 3 heterocycles. The third kappa shape index (κ3) is 4.10. The monoisotopic (exact) mass is 412 g/mol. The van der Waals surface area contributed by atoms with Crippen LogP contribution in [0.2, 0.25) is 0 Å². The van der Waals surface area contributed by atoms with Crippen molar-refractivity contribution < 1.29 is 13.9 Å². The third-order valence-corrected chi connectivity index (χ3v) is 6.37. The average molecular weight is 413 g/mol. The molecule has 30 heavy (non-hydrogen) atoms. The van der Waals surface area contributed by atoms with E-state index >= 15 is 0 Å². The number of fused-ring (bicyclic) bond motifs is 3. The van der Waals surface area contributed by atoms with E-state index in [2.05, 4.69) is 18.7 Å². The Morgan fingerprint density at radius 3 is 2.87 bits per heavy atom. The van der Waals surface area contributed by atoms with Crippen molar-refractivity contribution in [1.82, 2.24) is 4.90 Å². The molecule has 1 amide bonds. The summed E-state index contributed by atoms with van der Waals surface area (Å²) < 4.78 is 11.4. The van der Waals surface area contributed by atoms with Crippen molar-refractivity contribution in [3.63, 3.8) is 0 Å². The van der Waals surface area contributed by atoms with E-state index in [0.717, 1.165) is 61.8 Å². The van der Waals surface area contributed by atoms with Gasteiger partial charge in [0, 0.05) is 18.0 Å². The van der Waals surface area contributed by atoms with Crippen molar-refractivity contribution >= 4 is 22.6 Å². The van der Waals surface area contributed by atoms with Crippen molar-refractivity contribution in [3.8, 4) is 5.75 Å². The maximum absolute atomic E-state index is 13.3. The number of hydrogen-bond acceptors (Lipinski definition) is 5. The van der Waals surface area contributed by atoms with E-state index in [1.807, 2.05) is 12.1 Å². The van der Waals surface area contributed by atoms with Gasteiger partial charge in [-0.15, -0.1) is 0 Å². The zero-order chi connectivity index (χ0) is 21.1. The molecule has 6 nitrogen and oxygen atoms in total. The quantitative estimate of drug-likeness (QED) is 0.668. The highest BCUT2D eigenvalue weighted by Crippen LogP contribution is 2.33. The smallest absolute Gasteiger partial charge is 0.360 e. The molecule has 2 aliphatic rings. The second kappa shape index (κ2) is 9.21. The van der Waals surface area contributed by atoms with Crippen molar-refractivity contribution in [3.05, 3.63) is 34.2 Å². The first-order valence-corrected chi connectivity index (χ1v) is 11.4. The van der Waals surface area contributed by atoms with E-state index in [1.165, 1.54) is 6.42 Å². The third-order valence-electron chi connectivity index (χ3n) is 6.37. The number of ether oxygens (including phenoxy) is 1. The molecule has 1 saturated heterocycles. The maximum atomic E-state index is 13.3. The summed E-state index contributed by atoms with van der Waals surface area (Å²) in [6.45, 7) is 6.78. The van der Waals surface area contributed by atoms with E-state index in [9.17, 15) is 9.59 Å². The lowest BCUT2D eigenvalue weighted by molar-refractivity contribution is -0.120. The minimum Gasteiger partial charge on any atom is -0.494 e. The van der Waals surface area contributed by atoms with Crippen molar-refractivity contribution in [2.45, 2.75) is 64.8 Å². The fourth-order valence-corrected chi connectivity index (χ4v) is 4.83. The summed E-state index contributed by atoms with van der Waals surface area (Å²) in [6, 6.07) is 6.03. The molecule has 0 bridgehead atoms. The van der Waals surface area contributed by atoms with Gasteiger partial charge in [-0.1, -0.05) is 20.3 Å². The van der Waals surface area contributed by atoms with Crippen molar-refractivity contribution in [1.29, 1.82) is 0 Å². The summed E-state index contributed by atoms with van der Waals surface area (Å²) in [6.07, 6.45) is 7.10. The number of nitrogens with zero attached hydrogens (tertiary/aromatic N) is 2. The van der Waals surface area contributed by atoms with Gasteiger partial charge in [-0.3, -0.25) is 9.69 Å². The van der Waals surface area contributed by atoms with Gasteiger partial charge in [0.2, 0.25) is 5.91 Å². The maximum Gasteiger partial charge on any atom is 0.360 e. The van der Waals surface area contributed by atoms with Gasteiger partial charge in [-0.25, -0.2) is 4.79 Å². The average Bonchev–Trinajstić information content (AvgIpc) is 2.78. The zero-order valence-electron chi connectivity index (χ0n) is 18.1. The number of amides is 1. The van der Waals surface area contributed by atoms with Crippen LogP contribution in [0.5, 0.6) is 5.75 Å². The number of hydrogen-bond donors (Lipinski definition) is 0.